The quantitative estimate of drug-likeness (QED) is 0.895. The van der Waals surface area contributed by atoms with Crippen molar-refractivity contribution in [2.75, 3.05) is 11.9 Å². The van der Waals surface area contributed by atoms with Crippen molar-refractivity contribution < 1.29 is 4.74 Å². The molecule has 1 aromatic heterocycles. The Labute approximate surface area is 109 Å². The summed E-state index contributed by atoms with van der Waals surface area (Å²) < 4.78 is 8.08. The van der Waals surface area contributed by atoms with E-state index in [2.05, 4.69) is 41.8 Å². The number of ether oxygens (including phenoxy) is 1. The molecule has 0 aromatic carbocycles. The second-order valence-corrected chi connectivity index (χ2v) is 6.29. The molecular weight excluding hydrogens is 226 g/mol. The van der Waals surface area contributed by atoms with Crippen molar-refractivity contribution in [3.8, 4) is 0 Å². The van der Waals surface area contributed by atoms with E-state index < -0.39 is 0 Å². The summed E-state index contributed by atoms with van der Waals surface area (Å²) >= 11 is 0. The zero-order chi connectivity index (χ0) is 12.8. The summed E-state index contributed by atoms with van der Waals surface area (Å²) in [7, 11) is 0. The number of imidazole rings is 1. The van der Waals surface area contributed by atoms with Crippen LogP contribution in [-0.4, -0.2) is 27.8 Å². The minimum absolute atomic E-state index is 0.0119. The van der Waals surface area contributed by atoms with Crippen molar-refractivity contribution in [2.24, 2.45) is 0 Å². The van der Waals surface area contributed by atoms with E-state index in [1.54, 1.807) is 0 Å². The monoisotopic (exact) mass is 249 g/mol. The van der Waals surface area contributed by atoms with Gasteiger partial charge in [0.15, 0.2) is 0 Å². The number of aromatic nitrogens is 2. The minimum Gasteiger partial charge on any atom is -0.375 e. The van der Waals surface area contributed by atoms with Crippen LogP contribution in [-0.2, 0) is 4.74 Å². The molecule has 0 radical (unpaired) electrons. The fourth-order valence-corrected chi connectivity index (χ4v) is 2.79. The normalized spacial score (nSPS) is 27.2. The summed E-state index contributed by atoms with van der Waals surface area (Å²) in [5, 5.41) is 3.62. The molecule has 1 saturated carbocycles. The Morgan fingerprint density at radius 1 is 1.39 bits per heavy atom. The zero-order valence-electron chi connectivity index (χ0n) is 11.6. The molecule has 4 heteroatoms. The lowest BCUT2D eigenvalue weighted by molar-refractivity contribution is -0.0554. The maximum Gasteiger partial charge on any atom is 0.203 e. The van der Waals surface area contributed by atoms with Gasteiger partial charge in [-0.1, -0.05) is 0 Å². The van der Waals surface area contributed by atoms with Gasteiger partial charge in [-0.05, 0) is 46.5 Å². The van der Waals surface area contributed by atoms with E-state index in [0.29, 0.717) is 12.1 Å². The molecule has 0 amide bonds. The van der Waals surface area contributed by atoms with Crippen LogP contribution in [0.1, 0.15) is 51.3 Å². The number of nitrogens with zero attached hydrogens (tertiary/aromatic N) is 2. The highest BCUT2D eigenvalue weighted by molar-refractivity contribution is 5.32. The van der Waals surface area contributed by atoms with Gasteiger partial charge in [0.1, 0.15) is 0 Å². The van der Waals surface area contributed by atoms with Gasteiger partial charge in [-0.25, -0.2) is 4.98 Å². The van der Waals surface area contributed by atoms with Crippen molar-refractivity contribution in [1.29, 1.82) is 0 Å². The smallest absolute Gasteiger partial charge is 0.203 e. The number of hydrogen-bond donors (Lipinski definition) is 1. The van der Waals surface area contributed by atoms with Crippen molar-refractivity contribution in [1.82, 2.24) is 9.55 Å². The molecule has 4 nitrogen and oxygen atoms in total. The first-order chi connectivity index (χ1) is 8.53. The Morgan fingerprint density at radius 2 is 2.17 bits per heavy atom. The van der Waals surface area contributed by atoms with Crippen LogP contribution < -0.4 is 5.32 Å². The molecule has 2 heterocycles. The fraction of sp³-hybridized carbons (Fsp3) is 0.786. The first-order valence-electron chi connectivity index (χ1n) is 6.99. The molecule has 1 unspecified atom stereocenters. The number of anilines is 1. The molecule has 2 fully saturated rings. The van der Waals surface area contributed by atoms with E-state index in [9.17, 15) is 0 Å². The van der Waals surface area contributed by atoms with E-state index >= 15 is 0 Å². The first-order valence-corrected chi connectivity index (χ1v) is 6.99. The van der Waals surface area contributed by atoms with Crippen LogP contribution in [0.5, 0.6) is 0 Å². The largest absolute Gasteiger partial charge is 0.375 e. The van der Waals surface area contributed by atoms with Gasteiger partial charge in [-0.2, -0.15) is 0 Å². The predicted molar refractivity (Wildman–Crippen MR) is 71.9 cm³/mol. The summed E-state index contributed by atoms with van der Waals surface area (Å²) in [4.78, 5) is 4.62. The Morgan fingerprint density at radius 3 is 2.83 bits per heavy atom. The lowest BCUT2D eigenvalue weighted by Gasteiger charge is -2.36. The number of nitrogens with one attached hydrogen (secondary N) is 1. The van der Waals surface area contributed by atoms with Gasteiger partial charge in [0.05, 0.1) is 11.3 Å². The highest BCUT2D eigenvalue weighted by Gasteiger charge is 2.31. The molecule has 100 valence electrons. The summed E-state index contributed by atoms with van der Waals surface area (Å²) in [6, 6.07) is 1.16. The van der Waals surface area contributed by atoms with Crippen LogP contribution in [0.2, 0.25) is 0 Å². The molecule has 0 spiro atoms. The van der Waals surface area contributed by atoms with Crippen molar-refractivity contribution in [3.63, 3.8) is 0 Å². The van der Waals surface area contributed by atoms with Crippen molar-refractivity contribution in [2.45, 2.75) is 64.1 Å². The fourth-order valence-electron chi connectivity index (χ4n) is 2.79. The average molecular weight is 249 g/mol. The predicted octanol–water partition coefficient (Wildman–Crippen LogP) is 2.90. The first kappa shape index (κ1) is 12.0. The van der Waals surface area contributed by atoms with Gasteiger partial charge in [-0.3, -0.25) is 0 Å². The van der Waals surface area contributed by atoms with Gasteiger partial charge < -0.3 is 14.6 Å². The third kappa shape index (κ3) is 2.53. The number of hydrogen-bond acceptors (Lipinski definition) is 3. The number of rotatable bonds is 3. The standard InChI is InChI=1S/C14H23N3O/c1-10-9-17(12-4-5-12)13(15-10)16-11-6-7-18-14(2,3)8-11/h9,11-12H,4-8H2,1-3H3,(H,15,16). The van der Waals surface area contributed by atoms with E-state index in [-0.39, 0.29) is 5.60 Å². The molecule has 1 aliphatic heterocycles. The average Bonchev–Trinajstić information content (AvgIpc) is 3.03. The van der Waals surface area contributed by atoms with Crippen LogP contribution >= 0.6 is 0 Å². The second-order valence-electron chi connectivity index (χ2n) is 6.29. The van der Waals surface area contributed by atoms with E-state index in [4.69, 9.17) is 4.74 Å². The zero-order valence-corrected chi connectivity index (χ0v) is 11.6. The molecule has 2 aliphatic rings. The van der Waals surface area contributed by atoms with Gasteiger partial charge >= 0.3 is 0 Å². The Hall–Kier alpha value is -1.03. The van der Waals surface area contributed by atoms with Gasteiger partial charge in [0, 0.05) is 24.9 Å². The molecule has 3 rings (SSSR count). The summed E-state index contributed by atoms with van der Waals surface area (Å²) in [5.41, 5.74) is 1.10. The SMILES string of the molecule is Cc1cn(C2CC2)c(NC2CCOC(C)(C)C2)n1. The lowest BCUT2D eigenvalue weighted by atomic mass is 9.94. The lowest BCUT2D eigenvalue weighted by Crippen LogP contribution is -2.40. The van der Waals surface area contributed by atoms with Gasteiger partial charge in [-0.15, -0.1) is 0 Å². The molecule has 18 heavy (non-hydrogen) atoms. The van der Waals surface area contributed by atoms with Crippen molar-refractivity contribution in [3.05, 3.63) is 11.9 Å². The summed E-state index contributed by atoms with van der Waals surface area (Å²) in [6.07, 6.45) is 6.88. The molecule has 1 saturated heterocycles. The highest BCUT2D eigenvalue weighted by atomic mass is 16.5. The van der Waals surface area contributed by atoms with Gasteiger partial charge in [0.25, 0.3) is 0 Å². The highest BCUT2D eigenvalue weighted by Crippen LogP contribution is 2.38. The molecule has 0 bridgehead atoms. The van der Waals surface area contributed by atoms with Gasteiger partial charge in [0.2, 0.25) is 5.95 Å². The second kappa shape index (κ2) is 4.26. The minimum atomic E-state index is -0.0119. The number of aryl methyl sites for hydroxylation is 1. The van der Waals surface area contributed by atoms with Crippen LogP contribution in [0.4, 0.5) is 5.95 Å². The van der Waals surface area contributed by atoms with Crippen LogP contribution in [0.3, 0.4) is 0 Å². The molecule has 1 atom stereocenters. The van der Waals surface area contributed by atoms with Crippen LogP contribution in [0.25, 0.3) is 0 Å². The Kier molecular flexibility index (Phi) is 2.85. The van der Waals surface area contributed by atoms with E-state index in [1.807, 2.05) is 0 Å². The maximum absolute atomic E-state index is 5.76. The van der Waals surface area contributed by atoms with E-state index in [1.165, 1.54) is 12.8 Å². The van der Waals surface area contributed by atoms with Crippen LogP contribution in [0, 0.1) is 6.92 Å². The molecule has 1 N–H and O–H groups in total. The third-order valence-electron chi connectivity index (χ3n) is 3.82. The topological polar surface area (TPSA) is 39.1 Å². The maximum atomic E-state index is 5.76. The Balaban J connectivity index is 1.72. The van der Waals surface area contributed by atoms with E-state index in [0.717, 1.165) is 31.1 Å². The van der Waals surface area contributed by atoms with Crippen molar-refractivity contribution >= 4 is 5.95 Å². The summed E-state index contributed by atoms with van der Waals surface area (Å²) in [6.45, 7) is 7.24. The molecular formula is C14H23N3O. The Bertz CT molecular complexity index is 434. The molecule has 1 aliphatic carbocycles. The summed E-state index contributed by atoms with van der Waals surface area (Å²) in [5.74, 6) is 1.05. The van der Waals surface area contributed by atoms with Crippen LogP contribution in [0.15, 0.2) is 6.20 Å². The third-order valence-corrected chi connectivity index (χ3v) is 3.82. The molecule has 1 aromatic rings.